The smallest absolute Gasteiger partial charge is 0.322 e. The molecule has 3 N–H and O–H groups in total. The highest BCUT2D eigenvalue weighted by molar-refractivity contribution is 6.06. The highest BCUT2D eigenvalue weighted by Crippen LogP contribution is 2.16. The summed E-state index contributed by atoms with van der Waals surface area (Å²) in [5.41, 5.74) is 2.38. The highest BCUT2D eigenvalue weighted by atomic mass is 16.4. The van der Waals surface area contributed by atoms with Gasteiger partial charge in [-0.2, -0.15) is 5.26 Å². The van der Waals surface area contributed by atoms with Crippen molar-refractivity contribution in [2.45, 2.75) is 13.8 Å². The Bertz CT molecular complexity index is 600. The number of carboxylic acids is 1. The number of carbonyl (C=O) groups excluding carboxylic acids is 1. The molecular formula is C14H15N3O3. The number of rotatable bonds is 5. The Morgan fingerprint density at radius 1 is 1.40 bits per heavy atom. The van der Waals surface area contributed by atoms with Crippen LogP contribution < -0.4 is 10.6 Å². The van der Waals surface area contributed by atoms with Crippen molar-refractivity contribution in [3.8, 4) is 6.07 Å². The SMILES string of the molecule is Cc1ccc(NC(=O)/C(C#N)=C\NCC(=O)O)c(C)c1. The first kappa shape index (κ1) is 15.2. The van der Waals surface area contributed by atoms with Gasteiger partial charge in [-0.05, 0) is 25.5 Å². The molecule has 0 aromatic heterocycles. The summed E-state index contributed by atoms with van der Waals surface area (Å²) < 4.78 is 0. The predicted octanol–water partition coefficient (Wildman–Crippen LogP) is 1.32. The third-order valence-corrected chi connectivity index (χ3v) is 2.49. The van der Waals surface area contributed by atoms with Crippen molar-refractivity contribution in [3.05, 3.63) is 41.1 Å². The number of hydrogen-bond acceptors (Lipinski definition) is 4. The van der Waals surface area contributed by atoms with E-state index in [0.717, 1.165) is 17.3 Å². The van der Waals surface area contributed by atoms with Crippen molar-refractivity contribution >= 4 is 17.6 Å². The molecule has 0 aliphatic rings. The molecule has 0 saturated carbocycles. The molecule has 0 aliphatic heterocycles. The number of carbonyl (C=O) groups is 2. The van der Waals surface area contributed by atoms with Crippen LogP contribution in [0.15, 0.2) is 30.0 Å². The maximum absolute atomic E-state index is 11.9. The van der Waals surface area contributed by atoms with Crippen LogP contribution in [0.3, 0.4) is 0 Å². The minimum atomic E-state index is -1.08. The molecule has 0 fully saturated rings. The van der Waals surface area contributed by atoms with E-state index in [4.69, 9.17) is 10.4 Å². The Morgan fingerprint density at radius 3 is 2.65 bits per heavy atom. The van der Waals surface area contributed by atoms with Gasteiger partial charge in [0.1, 0.15) is 18.2 Å². The summed E-state index contributed by atoms with van der Waals surface area (Å²) in [6.07, 6.45) is 1.09. The maximum Gasteiger partial charge on any atom is 0.322 e. The number of nitrogens with one attached hydrogen (secondary N) is 2. The summed E-state index contributed by atoms with van der Waals surface area (Å²) in [4.78, 5) is 22.2. The number of amides is 1. The fourth-order valence-electron chi connectivity index (χ4n) is 1.53. The van der Waals surface area contributed by atoms with Gasteiger partial charge in [-0.15, -0.1) is 0 Å². The Hall–Kier alpha value is -2.81. The van der Waals surface area contributed by atoms with Gasteiger partial charge >= 0.3 is 5.97 Å². The van der Waals surface area contributed by atoms with E-state index in [1.807, 2.05) is 26.0 Å². The lowest BCUT2D eigenvalue weighted by molar-refractivity contribution is -0.135. The van der Waals surface area contributed by atoms with Crippen LogP contribution in [0.1, 0.15) is 11.1 Å². The fourth-order valence-corrected chi connectivity index (χ4v) is 1.53. The lowest BCUT2D eigenvalue weighted by atomic mass is 10.1. The minimum Gasteiger partial charge on any atom is -0.480 e. The molecule has 1 aromatic rings. The first-order valence-corrected chi connectivity index (χ1v) is 5.88. The molecule has 0 spiro atoms. The van der Waals surface area contributed by atoms with Crippen molar-refractivity contribution in [1.29, 1.82) is 5.26 Å². The molecule has 104 valence electrons. The van der Waals surface area contributed by atoms with E-state index < -0.39 is 11.9 Å². The molecule has 0 bridgehead atoms. The molecule has 0 saturated heterocycles. The zero-order chi connectivity index (χ0) is 15.1. The van der Waals surface area contributed by atoms with Gasteiger partial charge in [-0.1, -0.05) is 17.7 Å². The number of carboxylic acid groups (broad SMARTS) is 1. The van der Waals surface area contributed by atoms with Crippen molar-refractivity contribution < 1.29 is 14.7 Å². The second-order valence-corrected chi connectivity index (χ2v) is 4.22. The van der Waals surface area contributed by atoms with E-state index in [0.29, 0.717) is 5.69 Å². The van der Waals surface area contributed by atoms with E-state index in [2.05, 4.69) is 10.6 Å². The van der Waals surface area contributed by atoms with Crippen LogP contribution in [0.5, 0.6) is 0 Å². The molecule has 0 radical (unpaired) electrons. The van der Waals surface area contributed by atoms with Crippen LogP contribution in [0.25, 0.3) is 0 Å². The second kappa shape index (κ2) is 6.95. The van der Waals surface area contributed by atoms with E-state index in [1.54, 1.807) is 12.1 Å². The third-order valence-electron chi connectivity index (χ3n) is 2.49. The van der Waals surface area contributed by atoms with Crippen molar-refractivity contribution in [1.82, 2.24) is 5.32 Å². The van der Waals surface area contributed by atoms with E-state index >= 15 is 0 Å². The molecule has 1 amide bonds. The fraction of sp³-hybridized carbons (Fsp3) is 0.214. The van der Waals surface area contributed by atoms with E-state index in [9.17, 15) is 9.59 Å². The Labute approximate surface area is 116 Å². The third kappa shape index (κ3) is 4.46. The van der Waals surface area contributed by atoms with Gasteiger partial charge in [0.05, 0.1) is 0 Å². The van der Waals surface area contributed by atoms with Crippen molar-refractivity contribution in [3.63, 3.8) is 0 Å². The number of hydrogen-bond donors (Lipinski definition) is 3. The maximum atomic E-state index is 11.9. The lowest BCUT2D eigenvalue weighted by Crippen LogP contribution is -2.21. The van der Waals surface area contributed by atoms with Crippen molar-refractivity contribution in [2.75, 3.05) is 11.9 Å². The van der Waals surface area contributed by atoms with E-state index in [1.165, 1.54) is 0 Å². The van der Waals surface area contributed by atoms with E-state index in [-0.39, 0.29) is 12.1 Å². The predicted molar refractivity (Wildman–Crippen MR) is 73.9 cm³/mol. The normalized spacial score (nSPS) is 10.6. The zero-order valence-electron chi connectivity index (χ0n) is 11.2. The summed E-state index contributed by atoms with van der Waals surface area (Å²) in [7, 11) is 0. The first-order valence-electron chi connectivity index (χ1n) is 5.88. The average molecular weight is 273 g/mol. The van der Waals surface area contributed by atoms with Gasteiger partial charge in [-0.25, -0.2) is 0 Å². The Balaban J connectivity index is 2.77. The minimum absolute atomic E-state index is 0.189. The number of aryl methyl sites for hydroxylation is 2. The quantitative estimate of drug-likeness (QED) is 0.554. The van der Waals surface area contributed by atoms with Crippen LogP contribution in [0.2, 0.25) is 0 Å². The summed E-state index contributed by atoms with van der Waals surface area (Å²) in [5.74, 6) is -1.66. The van der Waals surface area contributed by atoms with Gasteiger partial charge < -0.3 is 15.7 Å². The molecule has 1 rings (SSSR count). The van der Waals surface area contributed by atoms with Crippen molar-refractivity contribution in [2.24, 2.45) is 0 Å². The molecular weight excluding hydrogens is 258 g/mol. The largest absolute Gasteiger partial charge is 0.480 e. The standard InChI is InChI=1S/C14H15N3O3/c1-9-3-4-12(10(2)5-9)17-14(20)11(6-15)7-16-8-13(18)19/h3-5,7,16H,8H2,1-2H3,(H,17,20)(H,18,19)/b11-7-. The van der Waals surface area contributed by atoms with Gasteiger partial charge in [0.2, 0.25) is 0 Å². The van der Waals surface area contributed by atoms with Gasteiger partial charge in [-0.3, -0.25) is 9.59 Å². The number of aliphatic carboxylic acids is 1. The zero-order valence-corrected chi connectivity index (χ0v) is 11.2. The van der Waals surface area contributed by atoms with Crippen LogP contribution in [0, 0.1) is 25.2 Å². The number of benzene rings is 1. The number of nitriles is 1. The van der Waals surface area contributed by atoms with Crippen LogP contribution >= 0.6 is 0 Å². The second-order valence-electron chi connectivity index (χ2n) is 4.22. The number of anilines is 1. The Morgan fingerprint density at radius 2 is 2.10 bits per heavy atom. The van der Waals surface area contributed by atoms with Crippen LogP contribution in [-0.2, 0) is 9.59 Å². The summed E-state index contributed by atoms with van der Waals surface area (Å²) in [6.45, 7) is 3.43. The van der Waals surface area contributed by atoms with Crippen LogP contribution in [0.4, 0.5) is 5.69 Å². The first-order chi connectivity index (χ1) is 9.43. The average Bonchev–Trinajstić information content (AvgIpc) is 2.37. The summed E-state index contributed by atoms with van der Waals surface area (Å²) in [5, 5.41) is 22.3. The van der Waals surface area contributed by atoms with Gasteiger partial charge in [0.25, 0.3) is 5.91 Å². The number of nitrogens with zero attached hydrogens (tertiary/aromatic N) is 1. The monoisotopic (exact) mass is 273 g/mol. The van der Waals surface area contributed by atoms with Gasteiger partial charge in [0, 0.05) is 11.9 Å². The topological polar surface area (TPSA) is 102 Å². The molecule has 0 atom stereocenters. The molecule has 6 nitrogen and oxygen atoms in total. The highest BCUT2D eigenvalue weighted by Gasteiger charge is 2.10. The molecule has 1 aromatic carbocycles. The molecule has 20 heavy (non-hydrogen) atoms. The Kier molecular flexibility index (Phi) is 5.30. The molecule has 0 heterocycles. The molecule has 0 unspecified atom stereocenters. The summed E-state index contributed by atoms with van der Waals surface area (Å²) in [6, 6.07) is 7.23. The van der Waals surface area contributed by atoms with Gasteiger partial charge in [0.15, 0.2) is 0 Å². The summed E-state index contributed by atoms with van der Waals surface area (Å²) >= 11 is 0. The lowest BCUT2D eigenvalue weighted by Gasteiger charge is -2.08. The molecule has 6 heteroatoms. The molecule has 0 aliphatic carbocycles. The van der Waals surface area contributed by atoms with Crippen LogP contribution in [-0.4, -0.2) is 23.5 Å².